The molecule has 1 aromatic rings. The van der Waals surface area contributed by atoms with Crippen LogP contribution in [0.3, 0.4) is 0 Å². The number of thiophene rings is 1. The number of hydrogen-bond acceptors (Lipinski definition) is 4. The topological polar surface area (TPSA) is 69.6 Å². The Hall–Kier alpha value is -0.910. The summed E-state index contributed by atoms with van der Waals surface area (Å²) in [6.07, 6.45) is 3.02. The van der Waals surface area contributed by atoms with Gasteiger partial charge in [-0.05, 0) is 42.8 Å². The minimum absolute atomic E-state index is 0.230. The number of aliphatic hydroxyl groups is 1. The van der Waals surface area contributed by atoms with Gasteiger partial charge in [0.2, 0.25) is 0 Å². The highest BCUT2D eigenvalue weighted by Gasteiger charge is 2.11. The zero-order valence-electron chi connectivity index (χ0n) is 10.7. The molecule has 0 aliphatic rings. The monoisotopic (exact) mass is 271 g/mol. The molecule has 102 valence electrons. The second-order valence-electron chi connectivity index (χ2n) is 4.22. The quantitative estimate of drug-likeness (QED) is 0.477. The number of rotatable bonds is 9. The van der Waals surface area contributed by atoms with Crippen LogP contribution < -0.4 is 5.32 Å². The SMILES string of the molecule is CCc1ccsc1C(O)NCCCCCC(=O)O. The molecule has 5 heteroatoms. The molecule has 4 nitrogen and oxygen atoms in total. The molecule has 0 aliphatic heterocycles. The number of nitrogens with one attached hydrogen (secondary N) is 1. The van der Waals surface area contributed by atoms with Gasteiger partial charge < -0.3 is 10.2 Å². The zero-order valence-corrected chi connectivity index (χ0v) is 11.5. The standard InChI is InChI=1S/C13H21NO3S/c1-2-10-7-9-18-12(10)13(17)14-8-5-3-4-6-11(15)16/h7,9,13-14,17H,2-6,8H2,1H3,(H,15,16). The molecular formula is C13H21NO3S. The van der Waals surface area contributed by atoms with Gasteiger partial charge in [-0.2, -0.15) is 0 Å². The summed E-state index contributed by atoms with van der Waals surface area (Å²) < 4.78 is 0. The van der Waals surface area contributed by atoms with Crippen LogP contribution in [0.1, 0.15) is 49.3 Å². The van der Waals surface area contributed by atoms with Crippen molar-refractivity contribution in [1.82, 2.24) is 5.32 Å². The van der Waals surface area contributed by atoms with Crippen molar-refractivity contribution in [3.63, 3.8) is 0 Å². The first-order valence-corrected chi connectivity index (χ1v) is 7.22. The Bertz CT molecular complexity index is 365. The predicted molar refractivity (Wildman–Crippen MR) is 72.8 cm³/mol. The molecule has 0 saturated carbocycles. The van der Waals surface area contributed by atoms with E-state index in [1.165, 1.54) is 5.56 Å². The Morgan fingerprint density at radius 2 is 2.22 bits per heavy atom. The highest BCUT2D eigenvalue weighted by Crippen LogP contribution is 2.23. The second kappa shape index (κ2) is 8.24. The van der Waals surface area contributed by atoms with Crippen molar-refractivity contribution in [3.05, 3.63) is 21.9 Å². The van der Waals surface area contributed by atoms with Crippen molar-refractivity contribution in [1.29, 1.82) is 0 Å². The van der Waals surface area contributed by atoms with Crippen LogP contribution in [0.15, 0.2) is 11.4 Å². The molecular weight excluding hydrogens is 250 g/mol. The number of carboxylic acid groups (broad SMARTS) is 1. The number of aryl methyl sites for hydroxylation is 1. The van der Waals surface area contributed by atoms with E-state index in [2.05, 4.69) is 12.2 Å². The van der Waals surface area contributed by atoms with E-state index in [0.29, 0.717) is 13.0 Å². The highest BCUT2D eigenvalue weighted by atomic mass is 32.1. The number of unbranched alkanes of at least 4 members (excludes halogenated alkanes) is 2. The number of aliphatic hydroxyl groups excluding tert-OH is 1. The fourth-order valence-electron chi connectivity index (χ4n) is 1.79. The van der Waals surface area contributed by atoms with Gasteiger partial charge in [-0.15, -0.1) is 11.3 Å². The van der Waals surface area contributed by atoms with E-state index in [1.54, 1.807) is 11.3 Å². The lowest BCUT2D eigenvalue weighted by Crippen LogP contribution is -2.22. The molecule has 1 unspecified atom stereocenters. The molecule has 0 fully saturated rings. The molecule has 0 bridgehead atoms. The minimum atomic E-state index is -0.742. The van der Waals surface area contributed by atoms with E-state index in [9.17, 15) is 9.90 Å². The summed E-state index contributed by atoms with van der Waals surface area (Å²) in [7, 11) is 0. The Balaban J connectivity index is 2.17. The molecule has 0 aromatic carbocycles. The van der Waals surface area contributed by atoms with Gasteiger partial charge in [0.25, 0.3) is 0 Å². The highest BCUT2D eigenvalue weighted by molar-refractivity contribution is 7.10. The van der Waals surface area contributed by atoms with Gasteiger partial charge in [0, 0.05) is 6.42 Å². The first-order chi connectivity index (χ1) is 8.65. The van der Waals surface area contributed by atoms with E-state index >= 15 is 0 Å². The second-order valence-corrected chi connectivity index (χ2v) is 5.17. The lowest BCUT2D eigenvalue weighted by molar-refractivity contribution is -0.137. The van der Waals surface area contributed by atoms with Crippen molar-refractivity contribution in [3.8, 4) is 0 Å². The number of carboxylic acids is 1. The average molecular weight is 271 g/mol. The fourth-order valence-corrected chi connectivity index (χ4v) is 2.74. The molecule has 0 radical (unpaired) electrons. The van der Waals surface area contributed by atoms with Gasteiger partial charge in [-0.25, -0.2) is 0 Å². The average Bonchev–Trinajstić information content (AvgIpc) is 2.81. The third kappa shape index (κ3) is 5.16. The number of hydrogen-bond donors (Lipinski definition) is 3. The lowest BCUT2D eigenvalue weighted by Gasteiger charge is -2.12. The molecule has 1 aromatic heterocycles. The summed E-state index contributed by atoms with van der Waals surface area (Å²) in [4.78, 5) is 11.3. The minimum Gasteiger partial charge on any atom is -0.481 e. The molecule has 0 aliphatic carbocycles. The Morgan fingerprint density at radius 1 is 1.44 bits per heavy atom. The summed E-state index contributed by atoms with van der Waals surface area (Å²) >= 11 is 1.56. The Kier molecular flexibility index (Phi) is 6.93. The van der Waals surface area contributed by atoms with Gasteiger partial charge >= 0.3 is 5.97 Å². The van der Waals surface area contributed by atoms with Crippen molar-refractivity contribution in [2.75, 3.05) is 6.54 Å². The first kappa shape index (κ1) is 15.1. The van der Waals surface area contributed by atoms with Crippen LogP contribution in [0, 0.1) is 0 Å². The third-order valence-electron chi connectivity index (χ3n) is 2.82. The molecule has 0 saturated heterocycles. The number of carbonyl (C=O) groups is 1. The van der Waals surface area contributed by atoms with E-state index < -0.39 is 12.2 Å². The summed E-state index contributed by atoms with van der Waals surface area (Å²) in [5, 5.41) is 23.5. The van der Waals surface area contributed by atoms with Crippen molar-refractivity contribution in [2.24, 2.45) is 0 Å². The van der Waals surface area contributed by atoms with Gasteiger partial charge in [0.05, 0.1) is 4.88 Å². The molecule has 1 atom stereocenters. The van der Waals surface area contributed by atoms with Crippen LogP contribution in [0.5, 0.6) is 0 Å². The summed E-state index contributed by atoms with van der Waals surface area (Å²) in [6.45, 7) is 2.78. The van der Waals surface area contributed by atoms with Crippen LogP contribution in [0.25, 0.3) is 0 Å². The molecule has 1 heterocycles. The van der Waals surface area contributed by atoms with Crippen LogP contribution >= 0.6 is 11.3 Å². The first-order valence-electron chi connectivity index (χ1n) is 6.34. The van der Waals surface area contributed by atoms with E-state index in [4.69, 9.17) is 5.11 Å². The van der Waals surface area contributed by atoms with Crippen LogP contribution in [0.2, 0.25) is 0 Å². The maximum absolute atomic E-state index is 10.3. The van der Waals surface area contributed by atoms with E-state index in [1.807, 2.05) is 11.4 Å². The largest absolute Gasteiger partial charge is 0.481 e. The van der Waals surface area contributed by atoms with Gasteiger partial charge in [-0.1, -0.05) is 13.3 Å². The maximum Gasteiger partial charge on any atom is 0.303 e. The zero-order chi connectivity index (χ0) is 13.4. The third-order valence-corrected chi connectivity index (χ3v) is 3.83. The number of aliphatic carboxylic acids is 1. The molecule has 0 amide bonds. The summed E-state index contributed by atoms with van der Waals surface area (Å²) in [5.74, 6) is -0.742. The van der Waals surface area contributed by atoms with Crippen molar-refractivity contribution >= 4 is 17.3 Å². The van der Waals surface area contributed by atoms with Gasteiger partial charge in [-0.3, -0.25) is 10.1 Å². The van der Waals surface area contributed by atoms with E-state index in [0.717, 1.165) is 24.1 Å². The molecule has 18 heavy (non-hydrogen) atoms. The van der Waals surface area contributed by atoms with Gasteiger partial charge in [0.1, 0.15) is 6.23 Å². The van der Waals surface area contributed by atoms with Crippen LogP contribution in [-0.2, 0) is 11.2 Å². The van der Waals surface area contributed by atoms with Gasteiger partial charge in [0.15, 0.2) is 0 Å². The smallest absolute Gasteiger partial charge is 0.303 e. The lowest BCUT2D eigenvalue weighted by atomic mass is 10.2. The molecule has 1 rings (SSSR count). The van der Waals surface area contributed by atoms with E-state index in [-0.39, 0.29) is 6.42 Å². The Labute approximate surface area is 112 Å². The summed E-state index contributed by atoms with van der Waals surface area (Å²) in [6, 6.07) is 2.04. The molecule has 3 N–H and O–H groups in total. The summed E-state index contributed by atoms with van der Waals surface area (Å²) in [5.41, 5.74) is 1.19. The fraction of sp³-hybridized carbons (Fsp3) is 0.615. The predicted octanol–water partition coefficient (Wildman–Crippen LogP) is 2.54. The normalized spacial score (nSPS) is 12.6. The molecule has 0 spiro atoms. The Morgan fingerprint density at radius 3 is 2.89 bits per heavy atom. The van der Waals surface area contributed by atoms with Crippen molar-refractivity contribution < 1.29 is 15.0 Å². The van der Waals surface area contributed by atoms with Crippen LogP contribution in [0.4, 0.5) is 0 Å². The maximum atomic E-state index is 10.3. The van der Waals surface area contributed by atoms with Crippen LogP contribution in [-0.4, -0.2) is 22.7 Å². The van der Waals surface area contributed by atoms with Crippen molar-refractivity contribution in [2.45, 2.75) is 45.3 Å².